The number of dihydropyridines is 1. The van der Waals surface area contributed by atoms with Crippen molar-refractivity contribution in [2.45, 2.75) is 46.5 Å². The van der Waals surface area contributed by atoms with E-state index in [-0.39, 0.29) is 17.1 Å². The predicted molar refractivity (Wildman–Crippen MR) is 124 cm³/mol. The van der Waals surface area contributed by atoms with E-state index in [0.717, 1.165) is 29.1 Å². The van der Waals surface area contributed by atoms with Crippen LogP contribution in [0.5, 0.6) is 5.75 Å². The highest BCUT2D eigenvalue weighted by Gasteiger charge is 2.43. The van der Waals surface area contributed by atoms with E-state index in [1.165, 1.54) is 0 Å². The Balaban J connectivity index is 1.84. The molecule has 1 aliphatic carbocycles. The summed E-state index contributed by atoms with van der Waals surface area (Å²) >= 11 is 0. The van der Waals surface area contributed by atoms with Crippen LogP contribution in [-0.2, 0) is 9.59 Å². The molecule has 32 heavy (non-hydrogen) atoms. The van der Waals surface area contributed by atoms with E-state index >= 15 is 0 Å². The smallest absolute Gasteiger partial charge is 0.255 e. The van der Waals surface area contributed by atoms with E-state index in [1.807, 2.05) is 50.2 Å². The number of amides is 1. The van der Waals surface area contributed by atoms with Gasteiger partial charge in [-0.1, -0.05) is 38.1 Å². The number of anilines is 1. The maximum Gasteiger partial charge on any atom is 0.255 e. The molecule has 6 heteroatoms. The number of para-hydroxylation sites is 1. The molecule has 0 radical (unpaired) electrons. The number of ether oxygens (including phenoxy) is 1. The number of nitrogens with zero attached hydrogens (tertiary/aromatic N) is 1. The summed E-state index contributed by atoms with van der Waals surface area (Å²) in [6, 6.07) is 13.1. The second-order valence-electron chi connectivity index (χ2n) is 9.29. The van der Waals surface area contributed by atoms with E-state index in [9.17, 15) is 9.59 Å². The lowest BCUT2D eigenvalue weighted by atomic mass is 9.68. The van der Waals surface area contributed by atoms with Gasteiger partial charge < -0.3 is 15.4 Å². The highest BCUT2D eigenvalue weighted by atomic mass is 16.5. The first-order chi connectivity index (χ1) is 15.2. The minimum absolute atomic E-state index is 0.0612. The lowest BCUT2D eigenvalue weighted by Crippen LogP contribution is -2.39. The Bertz CT molecular complexity index is 1160. The van der Waals surface area contributed by atoms with Gasteiger partial charge in [-0.25, -0.2) is 4.98 Å². The number of allylic oxidation sites excluding steroid dienone is 3. The number of aromatic nitrogens is 1. The van der Waals surface area contributed by atoms with Crippen molar-refractivity contribution in [3.63, 3.8) is 0 Å². The molecule has 6 nitrogen and oxygen atoms in total. The van der Waals surface area contributed by atoms with E-state index in [0.29, 0.717) is 29.1 Å². The normalized spacial score (nSPS) is 19.9. The zero-order valence-electron chi connectivity index (χ0n) is 19.2. The SMILES string of the molecule is COc1ccccc1[C@@H]1C(C(=O)Nc2cccc(C)n2)=C(C)NC2=C1C(=O)CC(C)(C)C2. The molecule has 0 unspecified atom stereocenters. The summed E-state index contributed by atoms with van der Waals surface area (Å²) in [5, 5.41) is 6.31. The van der Waals surface area contributed by atoms with E-state index in [4.69, 9.17) is 4.74 Å². The van der Waals surface area contributed by atoms with Crippen molar-refractivity contribution in [1.82, 2.24) is 10.3 Å². The fraction of sp³-hybridized carbons (Fsp3) is 0.346. The minimum Gasteiger partial charge on any atom is -0.496 e. The van der Waals surface area contributed by atoms with Crippen molar-refractivity contribution >= 4 is 17.5 Å². The molecule has 1 atom stereocenters. The van der Waals surface area contributed by atoms with Crippen LogP contribution in [0.2, 0.25) is 0 Å². The topological polar surface area (TPSA) is 80.3 Å². The highest BCUT2D eigenvalue weighted by molar-refractivity contribution is 6.09. The predicted octanol–water partition coefficient (Wildman–Crippen LogP) is 4.64. The summed E-state index contributed by atoms with van der Waals surface area (Å²) in [4.78, 5) is 31.4. The van der Waals surface area contributed by atoms with E-state index in [1.54, 1.807) is 13.2 Å². The molecule has 0 saturated carbocycles. The number of benzene rings is 1. The summed E-state index contributed by atoms with van der Waals surface area (Å²) in [7, 11) is 1.61. The van der Waals surface area contributed by atoms with Gasteiger partial charge in [-0.15, -0.1) is 0 Å². The van der Waals surface area contributed by atoms with Gasteiger partial charge in [0.25, 0.3) is 5.91 Å². The van der Waals surface area contributed by atoms with Crippen LogP contribution < -0.4 is 15.4 Å². The number of ketones is 1. The van der Waals surface area contributed by atoms with Crippen molar-refractivity contribution in [3.8, 4) is 5.75 Å². The Morgan fingerprint density at radius 1 is 1.12 bits per heavy atom. The van der Waals surface area contributed by atoms with Gasteiger partial charge >= 0.3 is 0 Å². The molecule has 1 aromatic heterocycles. The van der Waals surface area contributed by atoms with Crippen LogP contribution in [0.3, 0.4) is 0 Å². The first-order valence-electron chi connectivity index (χ1n) is 10.8. The number of hydrogen-bond donors (Lipinski definition) is 2. The molecule has 4 rings (SSSR count). The molecule has 0 spiro atoms. The molecule has 0 bridgehead atoms. The van der Waals surface area contributed by atoms with Gasteiger partial charge in [0.1, 0.15) is 11.6 Å². The molecule has 1 aromatic carbocycles. The third-order valence-corrected chi connectivity index (χ3v) is 6.06. The molecular formula is C26H29N3O3. The maximum atomic E-state index is 13.6. The molecule has 2 N–H and O–H groups in total. The fourth-order valence-corrected chi connectivity index (χ4v) is 4.75. The summed E-state index contributed by atoms with van der Waals surface area (Å²) in [6.45, 7) is 7.95. The van der Waals surface area contributed by atoms with Gasteiger partial charge in [0.15, 0.2) is 5.78 Å². The Morgan fingerprint density at radius 3 is 2.59 bits per heavy atom. The Kier molecular flexibility index (Phi) is 5.63. The van der Waals surface area contributed by atoms with Gasteiger partial charge in [-0.05, 0) is 43.9 Å². The Labute approximate surface area is 188 Å². The largest absolute Gasteiger partial charge is 0.496 e. The van der Waals surface area contributed by atoms with Gasteiger partial charge in [0.2, 0.25) is 0 Å². The first kappa shape index (κ1) is 21.8. The van der Waals surface area contributed by atoms with Crippen molar-refractivity contribution in [1.29, 1.82) is 0 Å². The van der Waals surface area contributed by atoms with Crippen LogP contribution >= 0.6 is 0 Å². The zero-order chi connectivity index (χ0) is 23.0. The monoisotopic (exact) mass is 431 g/mol. The minimum atomic E-state index is -0.518. The lowest BCUT2D eigenvalue weighted by Gasteiger charge is -2.39. The van der Waals surface area contributed by atoms with Gasteiger partial charge in [0, 0.05) is 40.2 Å². The van der Waals surface area contributed by atoms with Gasteiger partial charge in [-0.2, -0.15) is 0 Å². The average molecular weight is 432 g/mol. The molecular weight excluding hydrogens is 402 g/mol. The summed E-state index contributed by atoms with van der Waals surface area (Å²) < 4.78 is 5.63. The molecule has 166 valence electrons. The third-order valence-electron chi connectivity index (χ3n) is 6.06. The summed E-state index contributed by atoms with van der Waals surface area (Å²) in [5.74, 6) is 0.385. The maximum absolute atomic E-state index is 13.6. The van der Waals surface area contributed by atoms with E-state index in [2.05, 4.69) is 29.5 Å². The number of pyridine rings is 1. The summed E-state index contributed by atoms with van der Waals surface area (Å²) in [5.41, 5.74) is 4.26. The number of carbonyl (C=O) groups is 2. The first-order valence-corrected chi connectivity index (χ1v) is 10.8. The fourth-order valence-electron chi connectivity index (χ4n) is 4.75. The second kappa shape index (κ2) is 8.26. The molecule has 0 saturated heterocycles. The van der Waals surface area contributed by atoms with Crippen molar-refractivity contribution in [3.05, 3.63) is 76.3 Å². The van der Waals surface area contributed by atoms with Crippen LogP contribution in [0.15, 0.2) is 65.0 Å². The van der Waals surface area contributed by atoms with Crippen LogP contribution in [0.1, 0.15) is 50.8 Å². The molecule has 1 amide bonds. The number of rotatable bonds is 4. The molecule has 2 aliphatic rings. The standard InChI is InChI=1S/C26H29N3O3/c1-15-9-8-12-21(27-15)29-25(31)22-16(2)28-18-13-26(3,4)14-19(30)24(18)23(22)17-10-6-7-11-20(17)32-5/h6-12,23,28H,13-14H2,1-5H3,(H,27,29,31)/t23-/m1/s1. The Morgan fingerprint density at radius 2 is 1.88 bits per heavy atom. The van der Waals surface area contributed by atoms with Crippen LogP contribution in [0.25, 0.3) is 0 Å². The number of aryl methyl sites for hydroxylation is 1. The molecule has 1 aliphatic heterocycles. The number of methoxy groups -OCH3 is 1. The van der Waals surface area contributed by atoms with Crippen molar-refractivity contribution < 1.29 is 14.3 Å². The third kappa shape index (κ3) is 4.05. The number of Topliss-reactive ketones (excluding diaryl/α,β-unsaturated/α-hetero) is 1. The van der Waals surface area contributed by atoms with Gasteiger partial charge in [0.05, 0.1) is 13.0 Å². The summed E-state index contributed by atoms with van der Waals surface area (Å²) in [6.07, 6.45) is 1.18. The zero-order valence-corrected chi connectivity index (χ0v) is 19.2. The lowest BCUT2D eigenvalue weighted by molar-refractivity contribution is -0.118. The Hall–Kier alpha value is -3.41. The van der Waals surface area contributed by atoms with Crippen LogP contribution in [-0.4, -0.2) is 23.8 Å². The van der Waals surface area contributed by atoms with Crippen molar-refractivity contribution in [2.75, 3.05) is 12.4 Å². The molecule has 2 aromatic rings. The van der Waals surface area contributed by atoms with E-state index < -0.39 is 5.92 Å². The number of carbonyl (C=O) groups excluding carboxylic acids is 2. The number of hydrogen-bond acceptors (Lipinski definition) is 5. The van der Waals surface area contributed by atoms with Crippen LogP contribution in [0.4, 0.5) is 5.82 Å². The van der Waals surface area contributed by atoms with Crippen LogP contribution in [0, 0.1) is 12.3 Å². The second-order valence-corrected chi connectivity index (χ2v) is 9.29. The number of nitrogens with one attached hydrogen (secondary N) is 2. The molecule has 0 fully saturated rings. The van der Waals surface area contributed by atoms with Crippen molar-refractivity contribution in [2.24, 2.45) is 5.41 Å². The highest BCUT2D eigenvalue weighted by Crippen LogP contribution is 2.48. The average Bonchev–Trinajstić information content (AvgIpc) is 2.71. The molecule has 2 heterocycles. The van der Waals surface area contributed by atoms with Gasteiger partial charge in [-0.3, -0.25) is 9.59 Å². The quantitative estimate of drug-likeness (QED) is 0.737.